The van der Waals surface area contributed by atoms with Crippen LogP contribution in [-0.4, -0.2) is 49.1 Å². The topological polar surface area (TPSA) is 44.4 Å². The van der Waals surface area contributed by atoms with E-state index in [4.69, 9.17) is 0 Å². The lowest BCUT2D eigenvalue weighted by atomic mass is 10.0. The first-order valence-electron chi connectivity index (χ1n) is 6.03. The van der Waals surface area contributed by atoms with Crippen LogP contribution in [-0.2, 0) is 4.79 Å². The van der Waals surface area contributed by atoms with E-state index in [9.17, 15) is 4.79 Å². The van der Waals surface area contributed by atoms with Crippen molar-refractivity contribution in [3.05, 3.63) is 0 Å². The highest BCUT2D eigenvalue weighted by Crippen LogP contribution is 2.11. The van der Waals surface area contributed by atoms with E-state index in [2.05, 4.69) is 17.6 Å². The molecule has 2 rings (SSSR count). The standard InChI is InChI=1S/C11H21N3O/c1-9-8-14(7-6-12-9)11(15)10-4-2-3-5-13-10/h9-10,12-13H,2-8H2,1H3/t9?,10-/m0/s1. The second kappa shape index (κ2) is 4.94. The third kappa shape index (κ3) is 2.69. The second-order valence-corrected chi connectivity index (χ2v) is 4.64. The minimum atomic E-state index is 0.0871. The van der Waals surface area contributed by atoms with E-state index in [0.29, 0.717) is 11.9 Å². The van der Waals surface area contributed by atoms with Gasteiger partial charge in [-0.3, -0.25) is 4.79 Å². The van der Waals surface area contributed by atoms with E-state index in [1.807, 2.05) is 4.90 Å². The Labute approximate surface area is 91.4 Å². The Morgan fingerprint density at radius 2 is 2.13 bits per heavy atom. The summed E-state index contributed by atoms with van der Waals surface area (Å²) in [6, 6.07) is 0.523. The summed E-state index contributed by atoms with van der Waals surface area (Å²) in [5.74, 6) is 0.308. The molecule has 0 aromatic carbocycles. The number of piperidine rings is 1. The molecule has 1 unspecified atom stereocenters. The highest BCUT2D eigenvalue weighted by atomic mass is 16.2. The van der Waals surface area contributed by atoms with E-state index in [1.165, 1.54) is 12.8 Å². The van der Waals surface area contributed by atoms with Crippen molar-refractivity contribution < 1.29 is 4.79 Å². The molecule has 2 saturated heterocycles. The van der Waals surface area contributed by atoms with Crippen molar-refractivity contribution in [2.45, 2.75) is 38.3 Å². The van der Waals surface area contributed by atoms with Gasteiger partial charge in [-0.1, -0.05) is 6.42 Å². The van der Waals surface area contributed by atoms with E-state index in [-0.39, 0.29) is 6.04 Å². The highest BCUT2D eigenvalue weighted by molar-refractivity contribution is 5.82. The number of hydrogen-bond donors (Lipinski definition) is 2. The fraction of sp³-hybridized carbons (Fsp3) is 0.909. The van der Waals surface area contributed by atoms with E-state index >= 15 is 0 Å². The van der Waals surface area contributed by atoms with Crippen LogP contribution in [0.25, 0.3) is 0 Å². The van der Waals surface area contributed by atoms with Gasteiger partial charge in [-0.2, -0.15) is 0 Å². The maximum atomic E-state index is 12.1. The third-order valence-electron chi connectivity index (χ3n) is 3.29. The average Bonchev–Trinajstić information content (AvgIpc) is 2.29. The van der Waals surface area contributed by atoms with Gasteiger partial charge in [0.05, 0.1) is 6.04 Å². The zero-order valence-corrected chi connectivity index (χ0v) is 9.46. The molecule has 1 amide bonds. The SMILES string of the molecule is CC1CN(C(=O)[C@@H]2CCCCN2)CCN1. The summed E-state index contributed by atoms with van der Waals surface area (Å²) in [7, 11) is 0. The molecule has 4 nitrogen and oxygen atoms in total. The summed E-state index contributed by atoms with van der Waals surface area (Å²) in [5, 5.41) is 6.67. The van der Waals surface area contributed by atoms with Crippen LogP contribution in [0.2, 0.25) is 0 Å². The van der Waals surface area contributed by atoms with Gasteiger partial charge in [0.25, 0.3) is 0 Å². The molecule has 15 heavy (non-hydrogen) atoms. The molecular weight excluding hydrogens is 190 g/mol. The van der Waals surface area contributed by atoms with Crippen molar-refractivity contribution >= 4 is 5.91 Å². The van der Waals surface area contributed by atoms with Gasteiger partial charge in [0.1, 0.15) is 0 Å². The molecule has 0 saturated carbocycles. The monoisotopic (exact) mass is 211 g/mol. The molecule has 0 bridgehead atoms. The molecule has 4 heteroatoms. The molecule has 86 valence electrons. The van der Waals surface area contributed by atoms with Crippen LogP contribution in [0.3, 0.4) is 0 Å². The van der Waals surface area contributed by atoms with Crippen molar-refractivity contribution in [3.63, 3.8) is 0 Å². The van der Waals surface area contributed by atoms with Crippen LogP contribution >= 0.6 is 0 Å². The summed E-state index contributed by atoms with van der Waals surface area (Å²) in [4.78, 5) is 14.1. The lowest BCUT2D eigenvalue weighted by Gasteiger charge is -2.35. The smallest absolute Gasteiger partial charge is 0.239 e. The second-order valence-electron chi connectivity index (χ2n) is 4.64. The van der Waals surface area contributed by atoms with Crippen LogP contribution in [0.4, 0.5) is 0 Å². The molecule has 2 atom stereocenters. The Morgan fingerprint density at radius 3 is 2.80 bits per heavy atom. The first kappa shape index (κ1) is 10.9. The highest BCUT2D eigenvalue weighted by Gasteiger charge is 2.27. The number of piperazine rings is 1. The minimum absolute atomic E-state index is 0.0871. The van der Waals surface area contributed by atoms with Crippen molar-refractivity contribution in [1.82, 2.24) is 15.5 Å². The summed E-state index contributed by atoms with van der Waals surface area (Å²) in [5.41, 5.74) is 0. The fourth-order valence-electron chi connectivity index (χ4n) is 2.42. The van der Waals surface area contributed by atoms with Crippen molar-refractivity contribution in [1.29, 1.82) is 0 Å². The molecular formula is C11H21N3O. The van der Waals surface area contributed by atoms with Crippen molar-refractivity contribution in [3.8, 4) is 0 Å². The molecule has 2 fully saturated rings. The molecule has 0 aliphatic carbocycles. The summed E-state index contributed by atoms with van der Waals surface area (Å²) in [6.45, 7) is 5.78. The molecule has 2 aliphatic heterocycles. The van der Waals surface area contributed by atoms with Crippen LogP contribution < -0.4 is 10.6 Å². The molecule has 0 radical (unpaired) electrons. The average molecular weight is 211 g/mol. The molecule has 0 aromatic rings. The molecule has 2 aliphatic rings. The van der Waals surface area contributed by atoms with Gasteiger partial charge in [-0.05, 0) is 26.3 Å². The van der Waals surface area contributed by atoms with Gasteiger partial charge in [-0.15, -0.1) is 0 Å². The normalized spacial score (nSPS) is 32.7. The molecule has 0 spiro atoms. The number of rotatable bonds is 1. The summed E-state index contributed by atoms with van der Waals surface area (Å²) < 4.78 is 0. The number of carbonyl (C=O) groups is 1. The third-order valence-corrected chi connectivity index (χ3v) is 3.29. The Morgan fingerprint density at radius 1 is 1.27 bits per heavy atom. The predicted octanol–water partition coefficient (Wildman–Crippen LogP) is -0.0512. The van der Waals surface area contributed by atoms with E-state index in [0.717, 1.165) is 32.6 Å². The fourth-order valence-corrected chi connectivity index (χ4v) is 2.42. The summed E-state index contributed by atoms with van der Waals surface area (Å²) >= 11 is 0. The molecule has 2 N–H and O–H groups in total. The van der Waals surface area contributed by atoms with Crippen molar-refractivity contribution in [2.75, 3.05) is 26.2 Å². The van der Waals surface area contributed by atoms with E-state index < -0.39 is 0 Å². The summed E-state index contributed by atoms with van der Waals surface area (Å²) in [6.07, 6.45) is 3.41. The van der Waals surface area contributed by atoms with Crippen LogP contribution in [0.15, 0.2) is 0 Å². The van der Waals surface area contributed by atoms with E-state index in [1.54, 1.807) is 0 Å². The molecule has 2 heterocycles. The van der Waals surface area contributed by atoms with Crippen LogP contribution in [0.5, 0.6) is 0 Å². The zero-order valence-electron chi connectivity index (χ0n) is 9.46. The first-order chi connectivity index (χ1) is 7.27. The Bertz CT molecular complexity index is 226. The van der Waals surface area contributed by atoms with Crippen LogP contribution in [0.1, 0.15) is 26.2 Å². The van der Waals surface area contributed by atoms with Gasteiger partial charge >= 0.3 is 0 Å². The number of hydrogen-bond acceptors (Lipinski definition) is 3. The maximum Gasteiger partial charge on any atom is 0.239 e. The first-order valence-corrected chi connectivity index (χ1v) is 6.03. The zero-order chi connectivity index (χ0) is 10.7. The Balaban J connectivity index is 1.88. The number of amides is 1. The lowest BCUT2D eigenvalue weighted by Crippen LogP contribution is -2.56. The lowest BCUT2D eigenvalue weighted by molar-refractivity contribution is -0.135. The predicted molar refractivity (Wildman–Crippen MR) is 59.7 cm³/mol. The quantitative estimate of drug-likeness (QED) is 0.639. The maximum absolute atomic E-state index is 12.1. The number of carbonyl (C=O) groups excluding carboxylic acids is 1. The van der Waals surface area contributed by atoms with Crippen LogP contribution in [0, 0.1) is 0 Å². The van der Waals surface area contributed by atoms with Gasteiger partial charge in [0.15, 0.2) is 0 Å². The van der Waals surface area contributed by atoms with Crippen molar-refractivity contribution in [2.24, 2.45) is 0 Å². The van der Waals surface area contributed by atoms with Gasteiger partial charge in [0, 0.05) is 25.7 Å². The minimum Gasteiger partial charge on any atom is -0.339 e. The Kier molecular flexibility index (Phi) is 3.59. The van der Waals surface area contributed by atoms with Gasteiger partial charge < -0.3 is 15.5 Å². The number of nitrogens with zero attached hydrogens (tertiary/aromatic N) is 1. The number of nitrogens with one attached hydrogen (secondary N) is 2. The van der Waals surface area contributed by atoms with Gasteiger partial charge in [0.2, 0.25) is 5.91 Å². The van der Waals surface area contributed by atoms with Gasteiger partial charge in [-0.25, -0.2) is 0 Å². The largest absolute Gasteiger partial charge is 0.339 e. The molecule has 0 aromatic heterocycles. The Hall–Kier alpha value is -0.610.